The van der Waals surface area contributed by atoms with Crippen molar-refractivity contribution in [1.82, 2.24) is 5.32 Å². The van der Waals surface area contributed by atoms with Gasteiger partial charge in [-0.3, -0.25) is 14.9 Å². The van der Waals surface area contributed by atoms with E-state index >= 15 is 0 Å². The lowest BCUT2D eigenvalue weighted by molar-refractivity contribution is -0.384. The van der Waals surface area contributed by atoms with Crippen molar-refractivity contribution in [2.75, 3.05) is 0 Å². The number of hydrogen-bond acceptors (Lipinski definition) is 4. The highest BCUT2D eigenvalue weighted by atomic mass is 16.6. The molecule has 5 nitrogen and oxygen atoms in total. The maximum atomic E-state index is 11.8. The Hall–Kier alpha value is -1.75. The molecule has 96 valence electrons. The van der Waals surface area contributed by atoms with Gasteiger partial charge in [0.25, 0.3) is 5.69 Å². The van der Waals surface area contributed by atoms with Gasteiger partial charge in [0.2, 0.25) is 0 Å². The van der Waals surface area contributed by atoms with Crippen LogP contribution < -0.4 is 5.32 Å². The van der Waals surface area contributed by atoms with Crippen molar-refractivity contribution in [3.63, 3.8) is 0 Å². The summed E-state index contributed by atoms with van der Waals surface area (Å²) in [5.41, 5.74) is 0.995. The molecule has 1 aliphatic heterocycles. The van der Waals surface area contributed by atoms with E-state index in [1.807, 2.05) is 13.8 Å². The van der Waals surface area contributed by atoms with Crippen LogP contribution in [-0.2, 0) is 4.79 Å². The van der Waals surface area contributed by atoms with E-state index in [0.29, 0.717) is 6.42 Å². The number of nitrogens with zero attached hydrogens (tertiary/aromatic N) is 1. The summed E-state index contributed by atoms with van der Waals surface area (Å²) < 4.78 is 0. The molecule has 1 aromatic rings. The zero-order valence-electron chi connectivity index (χ0n) is 10.4. The molecular weight excluding hydrogens is 232 g/mol. The second kappa shape index (κ2) is 4.86. The van der Waals surface area contributed by atoms with E-state index in [0.717, 1.165) is 5.56 Å². The molecule has 0 bridgehead atoms. The maximum absolute atomic E-state index is 11.8. The topological polar surface area (TPSA) is 72.2 Å². The lowest BCUT2D eigenvalue weighted by Crippen LogP contribution is -2.45. The third-order valence-corrected chi connectivity index (χ3v) is 3.63. The van der Waals surface area contributed by atoms with Crippen molar-refractivity contribution in [3.8, 4) is 0 Å². The van der Waals surface area contributed by atoms with E-state index in [1.54, 1.807) is 12.1 Å². The Morgan fingerprint density at radius 3 is 2.39 bits per heavy atom. The Morgan fingerprint density at radius 1 is 1.28 bits per heavy atom. The molecule has 0 aromatic heterocycles. The largest absolute Gasteiger partial charge is 0.306 e. The lowest BCUT2D eigenvalue weighted by Gasteiger charge is -2.32. The van der Waals surface area contributed by atoms with Crippen LogP contribution in [0.4, 0.5) is 5.69 Å². The molecule has 1 aromatic carbocycles. The molecule has 1 aliphatic rings. The fourth-order valence-corrected chi connectivity index (χ4v) is 2.23. The SMILES string of the molecule is CC1C(=O)C[C@@H](c2ccc([N+](=O)[O-])cc2)N[C@H]1C. The van der Waals surface area contributed by atoms with E-state index in [2.05, 4.69) is 5.32 Å². The Morgan fingerprint density at radius 2 is 1.89 bits per heavy atom. The highest BCUT2D eigenvalue weighted by Crippen LogP contribution is 2.27. The second-order valence-corrected chi connectivity index (χ2v) is 4.82. The van der Waals surface area contributed by atoms with Crippen LogP contribution in [0.1, 0.15) is 31.9 Å². The van der Waals surface area contributed by atoms with Gasteiger partial charge in [0.1, 0.15) is 5.78 Å². The quantitative estimate of drug-likeness (QED) is 0.643. The Bertz CT molecular complexity index is 470. The van der Waals surface area contributed by atoms with Crippen LogP contribution in [0.15, 0.2) is 24.3 Å². The Balaban J connectivity index is 2.17. The van der Waals surface area contributed by atoms with Gasteiger partial charge in [-0.25, -0.2) is 0 Å². The first kappa shape index (κ1) is 12.7. The molecule has 0 saturated carbocycles. The molecule has 1 heterocycles. The minimum Gasteiger partial charge on any atom is -0.306 e. The number of nitro benzene ring substituents is 1. The fraction of sp³-hybridized carbons (Fsp3) is 0.462. The van der Waals surface area contributed by atoms with E-state index in [9.17, 15) is 14.9 Å². The monoisotopic (exact) mass is 248 g/mol. The number of carbonyl (C=O) groups is 1. The van der Waals surface area contributed by atoms with Gasteiger partial charge in [0.05, 0.1) is 4.92 Å². The summed E-state index contributed by atoms with van der Waals surface area (Å²) in [7, 11) is 0. The van der Waals surface area contributed by atoms with Crippen LogP contribution in [0.25, 0.3) is 0 Å². The van der Waals surface area contributed by atoms with Crippen LogP contribution in [0.2, 0.25) is 0 Å². The number of nitro groups is 1. The van der Waals surface area contributed by atoms with Gasteiger partial charge >= 0.3 is 0 Å². The van der Waals surface area contributed by atoms with Crippen molar-refractivity contribution in [1.29, 1.82) is 0 Å². The van der Waals surface area contributed by atoms with Crippen LogP contribution in [0.3, 0.4) is 0 Å². The summed E-state index contributed by atoms with van der Waals surface area (Å²) in [5.74, 6) is 0.268. The van der Waals surface area contributed by atoms with Gasteiger partial charge in [0, 0.05) is 36.6 Å². The predicted molar refractivity (Wildman–Crippen MR) is 67.2 cm³/mol. The van der Waals surface area contributed by atoms with Gasteiger partial charge in [0.15, 0.2) is 0 Å². The van der Waals surface area contributed by atoms with Crippen LogP contribution >= 0.6 is 0 Å². The number of Topliss-reactive ketones (excluding diaryl/α,β-unsaturated/α-hetero) is 1. The maximum Gasteiger partial charge on any atom is 0.269 e. The number of benzene rings is 1. The number of hydrogen-bond donors (Lipinski definition) is 1. The molecule has 1 N–H and O–H groups in total. The van der Waals surface area contributed by atoms with Crippen molar-refractivity contribution in [3.05, 3.63) is 39.9 Å². The number of ketones is 1. The van der Waals surface area contributed by atoms with Gasteiger partial charge in [-0.15, -0.1) is 0 Å². The van der Waals surface area contributed by atoms with Crippen molar-refractivity contribution in [2.45, 2.75) is 32.4 Å². The molecular formula is C13H16N2O3. The summed E-state index contributed by atoms with van der Waals surface area (Å²) in [6.07, 6.45) is 0.448. The zero-order valence-corrected chi connectivity index (χ0v) is 10.4. The smallest absolute Gasteiger partial charge is 0.269 e. The van der Waals surface area contributed by atoms with Crippen LogP contribution in [0.5, 0.6) is 0 Å². The van der Waals surface area contributed by atoms with Gasteiger partial charge in [-0.1, -0.05) is 19.1 Å². The normalized spacial score (nSPS) is 28.1. The minimum absolute atomic E-state index is 0.0271. The van der Waals surface area contributed by atoms with Gasteiger partial charge in [-0.2, -0.15) is 0 Å². The molecule has 0 aliphatic carbocycles. The second-order valence-electron chi connectivity index (χ2n) is 4.82. The summed E-state index contributed by atoms with van der Waals surface area (Å²) >= 11 is 0. The molecule has 1 saturated heterocycles. The lowest BCUT2D eigenvalue weighted by atomic mass is 9.86. The number of non-ortho nitro benzene ring substituents is 1. The van der Waals surface area contributed by atoms with E-state index in [4.69, 9.17) is 0 Å². The zero-order chi connectivity index (χ0) is 13.3. The summed E-state index contributed by atoms with van der Waals surface area (Å²) in [4.78, 5) is 22.0. The summed E-state index contributed by atoms with van der Waals surface area (Å²) in [6.45, 7) is 3.91. The van der Waals surface area contributed by atoms with Crippen LogP contribution in [-0.4, -0.2) is 16.7 Å². The molecule has 1 fully saturated rings. The first-order valence-electron chi connectivity index (χ1n) is 6.02. The number of carbonyl (C=O) groups excluding carboxylic acids is 1. The van der Waals surface area contributed by atoms with E-state index < -0.39 is 4.92 Å². The molecule has 2 rings (SSSR count). The third kappa shape index (κ3) is 2.41. The fourth-order valence-electron chi connectivity index (χ4n) is 2.23. The molecule has 0 spiro atoms. The van der Waals surface area contributed by atoms with Crippen LogP contribution in [0, 0.1) is 16.0 Å². The first-order valence-corrected chi connectivity index (χ1v) is 6.02. The highest BCUT2D eigenvalue weighted by molar-refractivity contribution is 5.83. The molecule has 18 heavy (non-hydrogen) atoms. The molecule has 1 unspecified atom stereocenters. The summed E-state index contributed by atoms with van der Waals surface area (Å²) in [6, 6.07) is 6.47. The standard InChI is InChI=1S/C13H16N2O3/c1-8-9(2)14-12(7-13(8)16)10-3-5-11(6-4-10)15(17)18/h3-6,8-9,12,14H,7H2,1-2H3/t8?,9-,12-/m0/s1. The number of piperidine rings is 1. The molecule has 3 atom stereocenters. The third-order valence-electron chi connectivity index (χ3n) is 3.63. The first-order chi connectivity index (χ1) is 8.49. The number of nitrogens with one attached hydrogen (secondary N) is 1. The van der Waals surface area contributed by atoms with E-state index in [1.165, 1.54) is 12.1 Å². The Labute approximate surface area is 105 Å². The average Bonchev–Trinajstić information content (AvgIpc) is 2.35. The Kier molecular flexibility index (Phi) is 3.43. The predicted octanol–water partition coefficient (Wildman–Crippen LogP) is 2.22. The van der Waals surface area contributed by atoms with Crippen molar-refractivity contribution < 1.29 is 9.72 Å². The minimum atomic E-state index is -0.423. The summed E-state index contributed by atoms with van der Waals surface area (Å²) in [5, 5.41) is 13.9. The molecule has 0 amide bonds. The van der Waals surface area contributed by atoms with Crippen molar-refractivity contribution >= 4 is 11.5 Å². The highest BCUT2D eigenvalue weighted by Gasteiger charge is 2.31. The van der Waals surface area contributed by atoms with E-state index in [-0.39, 0.29) is 29.5 Å². The number of rotatable bonds is 2. The molecule has 0 radical (unpaired) electrons. The molecule has 5 heteroatoms. The van der Waals surface area contributed by atoms with Gasteiger partial charge < -0.3 is 5.32 Å². The van der Waals surface area contributed by atoms with Crippen molar-refractivity contribution in [2.24, 2.45) is 5.92 Å². The average molecular weight is 248 g/mol. The van der Waals surface area contributed by atoms with Gasteiger partial charge in [-0.05, 0) is 12.5 Å².